The number of ether oxygens (including phenoxy) is 1. The highest BCUT2D eigenvalue weighted by atomic mass is 16.5. The minimum atomic E-state index is -0.492. The van der Waals surface area contributed by atoms with E-state index < -0.39 is 5.91 Å². The molecule has 78 valence electrons. The molecule has 0 fully saturated rings. The number of nitrogens with two attached hydrogens (primary N) is 1. The third-order valence-corrected chi connectivity index (χ3v) is 2.11. The highest BCUT2D eigenvalue weighted by molar-refractivity contribution is 5.87. The molecule has 0 aliphatic rings. The molecule has 0 radical (unpaired) electrons. The maximum Gasteiger partial charge on any atom is 0.255 e. The zero-order valence-electron chi connectivity index (χ0n) is 8.32. The summed E-state index contributed by atoms with van der Waals surface area (Å²) in [4.78, 5) is 10.6. The molecule has 2 aromatic rings. The lowest BCUT2D eigenvalue weighted by Gasteiger charge is -2.04. The van der Waals surface area contributed by atoms with Gasteiger partial charge in [-0.3, -0.25) is 4.79 Å². The molecule has 1 aromatic heterocycles. The lowest BCUT2D eigenvalue weighted by Crippen LogP contribution is -2.20. The molecule has 0 atom stereocenters. The van der Waals surface area contributed by atoms with Gasteiger partial charge in [0.05, 0.1) is 11.6 Å². The van der Waals surface area contributed by atoms with Crippen LogP contribution in [0.4, 0.5) is 0 Å². The van der Waals surface area contributed by atoms with E-state index in [0.717, 1.165) is 16.5 Å². The molecular formula is C11H11NO3. The van der Waals surface area contributed by atoms with Crippen LogP contribution in [0, 0.1) is 6.92 Å². The first-order valence-electron chi connectivity index (χ1n) is 4.56. The number of amides is 1. The monoisotopic (exact) mass is 205 g/mol. The highest BCUT2D eigenvalue weighted by Gasteiger charge is 2.08. The van der Waals surface area contributed by atoms with Crippen LogP contribution in [0.3, 0.4) is 0 Å². The van der Waals surface area contributed by atoms with E-state index in [4.69, 9.17) is 14.9 Å². The Balaban J connectivity index is 2.41. The number of furan rings is 1. The van der Waals surface area contributed by atoms with Crippen LogP contribution in [0.25, 0.3) is 11.0 Å². The predicted molar refractivity (Wildman–Crippen MR) is 55.6 cm³/mol. The van der Waals surface area contributed by atoms with E-state index >= 15 is 0 Å². The number of fused-ring (bicyclic) bond motifs is 1. The second-order valence-corrected chi connectivity index (χ2v) is 3.30. The van der Waals surface area contributed by atoms with E-state index in [1.807, 2.05) is 19.1 Å². The van der Waals surface area contributed by atoms with Crippen molar-refractivity contribution in [1.29, 1.82) is 0 Å². The minimum absolute atomic E-state index is 0.121. The standard InChI is InChI=1S/C11H11NO3/c1-7-5-14-8-3-2-4-9(11(7)8)15-6-10(12)13/h2-5H,6H2,1H3,(H2,12,13). The molecule has 0 saturated carbocycles. The molecule has 0 unspecified atom stereocenters. The molecular weight excluding hydrogens is 194 g/mol. The summed E-state index contributed by atoms with van der Waals surface area (Å²) in [6, 6.07) is 5.44. The van der Waals surface area contributed by atoms with Gasteiger partial charge in [0.15, 0.2) is 6.61 Å². The van der Waals surface area contributed by atoms with Gasteiger partial charge in [0, 0.05) is 0 Å². The number of rotatable bonds is 3. The van der Waals surface area contributed by atoms with E-state index in [1.165, 1.54) is 0 Å². The molecule has 4 heteroatoms. The second kappa shape index (κ2) is 3.65. The molecule has 0 saturated heterocycles. The molecule has 2 rings (SSSR count). The number of carbonyl (C=O) groups excluding carboxylic acids is 1. The molecule has 2 N–H and O–H groups in total. The Morgan fingerprint density at radius 2 is 2.33 bits per heavy atom. The fourth-order valence-electron chi connectivity index (χ4n) is 1.48. The van der Waals surface area contributed by atoms with E-state index in [2.05, 4.69) is 0 Å². The SMILES string of the molecule is Cc1coc2cccc(OCC(N)=O)c12. The number of hydrogen-bond donors (Lipinski definition) is 1. The molecule has 1 aromatic carbocycles. The summed E-state index contributed by atoms with van der Waals surface area (Å²) in [6.07, 6.45) is 1.65. The molecule has 0 spiro atoms. The summed E-state index contributed by atoms with van der Waals surface area (Å²) >= 11 is 0. The van der Waals surface area contributed by atoms with Gasteiger partial charge in [0.2, 0.25) is 0 Å². The number of primary amides is 1. The third kappa shape index (κ3) is 1.79. The van der Waals surface area contributed by atoms with Crippen molar-refractivity contribution in [3.05, 3.63) is 30.0 Å². The Labute approximate surface area is 86.6 Å². The van der Waals surface area contributed by atoms with Crippen molar-refractivity contribution in [2.45, 2.75) is 6.92 Å². The van der Waals surface area contributed by atoms with Crippen molar-refractivity contribution >= 4 is 16.9 Å². The summed E-state index contributed by atoms with van der Waals surface area (Å²) in [5, 5.41) is 0.888. The van der Waals surface area contributed by atoms with Crippen molar-refractivity contribution in [2.75, 3.05) is 6.61 Å². The van der Waals surface area contributed by atoms with Crippen LogP contribution in [0.2, 0.25) is 0 Å². The van der Waals surface area contributed by atoms with Gasteiger partial charge in [0.25, 0.3) is 5.91 Å². The van der Waals surface area contributed by atoms with Gasteiger partial charge in [-0.2, -0.15) is 0 Å². The Morgan fingerprint density at radius 3 is 3.07 bits per heavy atom. The highest BCUT2D eigenvalue weighted by Crippen LogP contribution is 2.29. The van der Waals surface area contributed by atoms with Gasteiger partial charge in [-0.05, 0) is 24.6 Å². The smallest absolute Gasteiger partial charge is 0.255 e. The molecule has 0 bridgehead atoms. The Kier molecular flexibility index (Phi) is 2.33. The topological polar surface area (TPSA) is 65.5 Å². The van der Waals surface area contributed by atoms with E-state index in [1.54, 1.807) is 12.3 Å². The van der Waals surface area contributed by atoms with Crippen LogP contribution in [0.5, 0.6) is 5.75 Å². The van der Waals surface area contributed by atoms with Crippen LogP contribution in [0.15, 0.2) is 28.9 Å². The maximum atomic E-state index is 10.6. The number of benzene rings is 1. The minimum Gasteiger partial charge on any atom is -0.483 e. The molecule has 0 aliphatic heterocycles. The first-order valence-corrected chi connectivity index (χ1v) is 4.56. The summed E-state index contributed by atoms with van der Waals surface area (Å²) in [6.45, 7) is 1.80. The van der Waals surface area contributed by atoms with Crippen LogP contribution < -0.4 is 10.5 Å². The van der Waals surface area contributed by atoms with Crippen molar-refractivity contribution in [3.63, 3.8) is 0 Å². The van der Waals surface area contributed by atoms with E-state index in [9.17, 15) is 4.79 Å². The first kappa shape index (κ1) is 9.58. The molecule has 15 heavy (non-hydrogen) atoms. The quantitative estimate of drug-likeness (QED) is 0.827. The van der Waals surface area contributed by atoms with Crippen molar-refractivity contribution in [3.8, 4) is 5.75 Å². The first-order chi connectivity index (χ1) is 7.18. The van der Waals surface area contributed by atoms with Gasteiger partial charge < -0.3 is 14.9 Å². The summed E-state index contributed by atoms with van der Waals surface area (Å²) in [5.41, 5.74) is 6.73. The average molecular weight is 205 g/mol. The van der Waals surface area contributed by atoms with Crippen LogP contribution >= 0.6 is 0 Å². The van der Waals surface area contributed by atoms with E-state index in [0.29, 0.717) is 5.75 Å². The fourth-order valence-corrected chi connectivity index (χ4v) is 1.48. The zero-order chi connectivity index (χ0) is 10.8. The zero-order valence-corrected chi connectivity index (χ0v) is 8.32. The number of carbonyl (C=O) groups is 1. The van der Waals surface area contributed by atoms with Gasteiger partial charge in [-0.15, -0.1) is 0 Å². The summed E-state index contributed by atoms with van der Waals surface area (Å²) < 4.78 is 10.6. The maximum absolute atomic E-state index is 10.6. The number of hydrogen-bond acceptors (Lipinski definition) is 3. The largest absolute Gasteiger partial charge is 0.483 e. The average Bonchev–Trinajstić information content (AvgIpc) is 2.58. The summed E-state index contributed by atoms with van der Waals surface area (Å²) in [5.74, 6) is 0.130. The Hall–Kier alpha value is -1.97. The fraction of sp³-hybridized carbons (Fsp3) is 0.182. The third-order valence-electron chi connectivity index (χ3n) is 2.11. The molecule has 1 amide bonds. The second-order valence-electron chi connectivity index (χ2n) is 3.30. The van der Waals surface area contributed by atoms with Gasteiger partial charge in [-0.1, -0.05) is 6.07 Å². The van der Waals surface area contributed by atoms with Crippen LogP contribution in [-0.2, 0) is 4.79 Å². The molecule has 0 aliphatic carbocycles. The van der Waals surface area contributed by atoms with Gasteiger partial charge in [-0.25, -0.2) is 0 Å². The normalized spacial score (nSPS) is 10.5. The predicted octanol–water partition coefficient (Wildman–Crippen LogP) is 1.61. The number of aryl methyl sites for hydroxylation is 1. The van der Waals surface area contributed by atoms with Crippen LogP contribution in [0.1, 0.15) is 5.56 Å². The lowest BCUT2D eigenvalue weighted by atomic mass is 10.2. The Morgan fingerprint density at radius 1 is 1.53 bits per heavy atom. The van der Waals surface area contributed by atoms with Crippen LogP contribution in [-0.4, -0.2) is 12.5 Å². The van der Waals surface area contributed by atoms with Crippen molar-refractivity contribution in [1.82, 2.24) is 0 Å². The molecule has 1 heterocycles. The van der Waals surface area contributed by atoms with Crippen molar-refractivity contribution in [2.24, 2.45) is 5.73 Å². The molecule has 4 nitrogen and oxygen atoms in total. The van der Waals surface area contributed by atoms with Crippen molar-refractivity contribution < 1.29 is 13.9 Å². The van der Waals surface area contributed by atoms with E-state index in [-0.39, 0.29) is 6.61 Å². The summed E-state index contributed by atoms with van der Waals surface area (Å²) in [7, 11) is 0. The van der Waals surface area contributed by atoms with Gasteiger partial charge in [0.1, 0.15) is 11.3 Å². The Bertz CT molecular complexity index is 502. The van der Waals surface area contributed by atoms with Gasteiger partial charge >= 0.3 is 0 Å². The lowest BCUT2D eigenvalue weighted by molar-refractivity contribution is -0.119.